The van der Waals surface area contributed by atoms with Crippen LogP contribution in [0.4, 0.5) is 5.82 Å². The van der Waals surface area contributed by atoms with Crippen molar-refractivity contribution < 1.29 is 4.79 Å². The van der Waals surface area contributed by atoms with Gasteiger partial charge >= 0.3 is 0 Å². The Kier molecular flexibility index (Phi) is 4.25. The molecule has 0 bridgehead atoms. The minimum atomic E-state index is -0.109. The molecule has 0 saturated heterocycles. The van der Waals surface area contributed by atoms with Crippen LogP contribution in [0.5, 0.6) is 0 Å². The number of nitrogens with one attached hydrogen (secondary N) is 2. The lowest BCUT2D eigenvalue weighted by atomic mass is 10.3. The number of H-pyrrole nitrogens is 1. The lowest BCUT2D eigenvalue weighted by Gasteiger charge is -2.25. The third-order valence-corrected chi connectivity index (χ3v) is 4.28. The van der Waals surface area contributed by atoms with Crippen LogP contribution >= 0.6 is 11.8 Å². The smallest absolute Gasteiger partial charge is 0.259 e. The molecule has 1 aliphatic rings. The molecule has 0 fully saturated rings. The van der Waals surface area contributed by atoms with Crippen molar-refractivity contribution in [2.45, 2.75) is 13.0 Å². The maximum atomic E-state index is 12.2. The number of aromatic nitrogens is 4. The zero-order chi connectivity index (χ0) is 15.5. The minimum absolute atomic E-state index is 0.0530. The van der Waals surface area contributed by atoms with Crippen molar-refractivity contribution in [3.05, 3.63) is 23.8 Å². The van der Waals surface area contributed by atoms with E-state index in [-0.39, 0.29) is 11.9 Å². The van der Waals surface area contributed by atoms with Gasteiger partial charge in [0.25, 0.3) is 5.91 Å². The SMILES string of the molecule is C[C@@H](CN)NC(=O)C1=CN(c2ncnc3nc[nH]c23)CCS1. The van der Waals surface area contributed by atoms with Gasteiger partial charge in [0.1, 0.15) is 11.8 Å². The van der Waals surface area contributed by atoms with Gasteiger partial charge in [0, 0.05) is 31.1 Å². The number of imidazole rings is 1. The van der Waals surface area contributed by atoms with Crippen LogP contribution in [-0.2, 0) is 4.79 Å². The fraction of sp³-hybridized carbons (Fsp3) is 0.385. The van der Waals surface area contributed by atoms with E-state index in [4.69, 9.17) is 5.73 Å². The van der Waals surface area contributed by atoms with E-state index in [1.165, 1.54) is 18.1 Å². The van der Waals surface area contributed by atoms with Gasteiger partial charge in [-0.05, 0) is 6.92 Å². The van der Waals surface area contributed by atoms with Crippen LogP contribution in [0.1, 0.15) is 6.92 Å². The van der Waals surface area contributed by atoms with Gasteiger partial charge in [0.2, 0.25) is 0 Å². The van der Waals surface area contributed by atoms with Gasteiger partial charge in [-0.2, -0.15) is 0 Å². The monoisotopic (exact) mass is 319 g/mol. The Morgan fingerprint density at radius 2 is 2.41 bits per heavy atom. The van der Waals surface area contributed by atoms with Crippen molar-refractivity contribution in [1.82, 2.24) is 25.3 Å². The van der Waals surface area contributed by atoms with Crippen molar-refractivity contribution in [3.63, 3.8) is 0 Å². The first-order valence-corrected chi connectivity index (χ1v) is 7.94. The first-order chi connectivity index (χ1) is 10.7. The van der Waals surface area contributed by atoms with E-state index >= 15 is 0 Å². The lowest BCUT2D eigenvalue weighted by Crippen LogP contribution is -2.39. The Labute approximate surface area is 131 Å². The van der Waals surface area contributed by atoms with Crippen molar-refractivity contribution in [2.24, 2.45) is 5.73 Å². The molecule has 3 heterocycles. The van der Waals surface area contributed by atoms with Crippen molar-refractivity contribution >= 4 is 34.7 Å². The van der Waals surface area contributed by atoms with Crippen LogP contribution in [0.25, 0.3) is 11.2 Å². The topological polar surface area (TPSA) is 113 Å². The highest BCUT2D eigenvalue weighted by Crippen LogP contribution is 2.27. The molecular weight excluding hydrogens is 302 g/mol. The van der Waals surface area contributed by atoms with E-state index in [2.05, 4.69) is 25.3 Å². The van der Waals surface area contributed by atoms with Gasteiger partial charge < -0.3 is 20.9 Å². The van der Waals surface area contributed by atoms with Crippen molar-refractivity contribution in [1.29, 1.82) is 0 Å². The molecular formula is C13H17N7OS. The molecule has 1 aliphatic heterocycles. The second kappa shape index (κ2) is 6.32. The molecule has 0 saturated carbocycles. The van der Waals surface area contributed by atoms with Gasteiger partial charge in [-0.15, -0.1) is 11.8 Å². The van der Waals surface area contributed by atoms with Crippen LogP contribution in [-0.4, -0.2) is 50.7 Å². The van der Waals surface area contributed by atoms with E-state index < -0.39 is 0 Å². The molecule has 3 rings (SSSR count). The van der Waals surface area contributed by atoms with Gasteiger partial charge in [-0.3, -0.25) is 4.79 Å². The summed E-state index contributed by atoms with van der Waals surface area (Å²) in [5.41, 5.74) is 6.91. The predicted molar refractivity (Wildman–Crippen MR) is 86.2 cm³/mol. The summed E-state index contributed by atoms with van der Waals surface area (Å²) in [6, 6.07) is -0.0530. The Hall–Kier alpha value is -2.13. The Bertz CT molecular complexity index is 713. The summed E-state index contributed by atoms with van der Waals surface area (Å²) in [7, 11) is 0. The Morgan fingerprint density at radius 3 is 3.23 bits per heavy atom. The average Bonchev–Trinajstić information content (AvgIpc) is 3.03. The number of carbonyl (C=O) groups is 1. The predicted octanol–water partition coefficient (Wildman–Crippen LogP) is 0.211. The highest BCUT2D eigenvalue weighted by atomic mass is 32.2. The highest BCUT2D eigenvalue weighted by molar-refractivity contribution is 8.04. The number of anilines is 1. The molecule has 0 aromatic carbocycles. The normalized spacial score (nSPS) is 16.5. The molecule has 0 spiro atoms. The van der Waals surface area contributed by atoms with E-state index in [0.717, 1.165) is 23.6 Å². The number of thioether (sulfide) groups is 1. The van der Waals surface area contributed by atoms with E-state index in [1.54, 1.807) is 6.33 Å². The molecule has 9 heteroatoms. The summed E-state index contributed by atoms with van der Waals surface area (Å²) in [6.07, 6.45) is 4.88. The fourth-order valence-corrected chi connectivity index (χ4v) is 3.01. The maximum absolute atomic E-state index is 12.2. The highest BCUT2D eigenvalue weighted by Gasteiger charge is 2.21. The summed E-state index contributed by atoms with van der Waals surface area (Å²) in [5.74, 6) is 1.41. The number of rotatable bonds is 4. The third-order valence-electron chi connectivity index (χ3n) is 3.29. The summed E-state index contributed by atoms with van der Waals surface area (Å²) in [6.45, 7) is 3.05. The Morgan fingerprint density at radius 1 is 1.55 bits per heavy atom. The van der Waals surface area contributed by atoms with Crippen LogP contribution < -0.4 is 16.0 Å². The molecule has 2 aromatic heterocycles. The molecule has 0 radical (unpaired) electrons. The number of carbonyl (C=O) groups excluding carboxylic acids is 1. The largest absolute Gasteiger partial charge is 0.348 e. The van der Waals surface area contributed by atoms with Crippen molar-refractivity contribution in [3.8, 4) is 0 Å². The third kappa shape index (κ3) is 2.90. The zero-order valence-electron chi connectivity index (χ0n) is 12.1. The number of nitrogens with zero attached hydrogens (tertiary/aromatic N) is 4. The minimum Gasteiger partial charge on any atom is -0.348 e. The summed E-state index contributed by atoms with van der Waals surface area (Å²) >= 11 is 1.53. The Balaban J connectivity index is 1.87. The molecule has 4 N–H and O–H groups in total. The quantitative estimate of drug-likeness (QED) is 0.738. The maximum Gasteiger partial charge on any atom is 0.259 e. The fourth-order valence-electron chi connectivity index (χ4n) is 2.11. The van der Waals surface area contributed by atoms with Gasteiger partial charge in [0.05, 0.1) is 11.2 Å². The molecule has 1 amide bonds. The first kappa shape index (κ1) is 14.8. The van der Waals surface area contributed by atoms with E-state index in [1.807, 2.05) is 18.0 Å². The van der Waals surface area contributed by atoms with Crippen LogP contribution in [0.15, 0.2) is 23.8 Å². The van der Waals surface area contributed by atoms with Crippen LogP contribution in [0, 0.1) is 0 Å². The molecule has 0 unspecified atom stereocenters. The second-order valence-corrected chi connectivity index (χ2v) is 6.08. The average molecular weight is 319 g/mol. The molecule has 1 atom stereocenters. The summed E-state index contributed by atoms with van der Waals surface area (Å²) < 4.78 is 0. The van der Waals surface area contributed by atoms with E-state index in [9.17, 15) is 4.79 Å². The molecule has 116 valence electrons. The zero-order valence-corrected chi connectivity index (χ0v) is 12.9. The van der Waals surface area contributed by atoms with Gasteiger partial charge in [-0.1, -0.05) is 0 Å². The van der Waals surface area contributed by atoms with Crippen molar-refractivity contribution in [2.75, 3.05) is 23.7 Å². The number of amides is 1. The number of hydrogen-bond donors (Lipinski definition) is 3. The summed E-state index contributed by atoms with van der Waals surface area (Å²) in [4.78, 5) is 30.4. The molecule has 22 heavy (non-hydrogen) atoms. The molecule has 8 nitrogen and oxygen atoms in total. The number of aromatic amines is 1. The van der Waals surface area contributed by atoms with Crippen LogP contribution in [0.3, 0.4) is 0 Å². The summed E-state index contributed by atoms with van der Waals surface area (Å²) in [5, 5.41) is 2.87. The molecule has 0 aliphatic carbocycles. The number of fused-ring (bicyclic) bond motifs is 1. The lowest BCUT2D eigenvalue weighted by molar-refractivity contribution is -0.117. The number of hydrogen-bond acceptors (Lipinski definition) is 7. The second-order valence-electron chi connectivity index (χ2n) is 4.94. The molecule has 2 aromatic rings. The van der Waals surface area contributed by atoms with Gasteiger partial charge in [0.15, 0.2) is 11.5 Å². The number of nitrogens with two attached hydrogens (primary N) is 1. The van der Waals surface area contributed by atoms with E-state index in [0.29, 0.717) is 17.1 Å². The standard InChI is InChI=1S/C13H17N7OS/c1-8(4-14)19-13(21)9-5-20(2-3-22-9)12-10-11(16-6-15-10)17-7-18-12/h5-8H,2-4,14H2,1H3,(H,19,21)(H,15,16,17,18)/t8-/m0/s1. The van der Waals surface area contributed by atoms with Crippen LogP contribution in [0.2, 0.25) is 0 Å². The first-order valence-electron chi connectivity index (χ1n) is 6.95. The van der Waals surface area contributed by atoms with Gasteiger partial charge in [-0.25, -0.2) is 15.0 Å².